The Morgan fingerprint density at radius 3 is 1.50 bits per heavy atom. The molecular formula is C18H14Cl2O8. The lowest BCUT2D eigenvalue weighted by Crippen LogP contribution is -2.72. The second-order valence-corrected chi connectivity index (χ2v) is 7.86. The Hall–Kier alpha value is -2.58. The van der Waals surface area contributed by atoms with Crippen molar-refractivity contribution in [3.8, 4) is 0 Å². The van der Waals surface area contributed by atoms with Crippen molar-refractivity contribution >= 4 is 47.1 Å². The van der Waals surface area contributed by atoms with Crippen LogP contribution in [0.3, 0.4) is 0 Å². The third-order valence-corrected chi connectivity index (χ3v) is 6.86. The highest BCUT2D eigenvalue weighted by Gasteiger charge is 2.76. The van der Waals surface area contributed by atoms with E-state index in [0.29, 0.717) is 0 Å². The number of halogens is 2. The summed E-state index contributed by atoms with van der Waals surface area (Å²) < 4.78 is 0. The maximum atomic E-state index is 12.2. The van der Waals surface area contributed by atoms with Gasteiger partial charge in [-0.25, -0.2) is 0 Å². The molecule has 28 heavy (non-hydrogen) atoms. The average Bonchev–Trinajstić information content (AvgIpc) is 2.61. The molecule has 0 radical (unpaired) electrons. The third kappa shape index (κ3) is 2.37. The minimum absolute atomic E-state index is 0.129. The zero-order valence-electron chi connectivity index (χ0n) is 14.0. The largest absolute Gasteiger partial charge is 0.481 e. The lowest BCUT2D eigenvalue weighted by Gasteiger charge is -2.60. The van der Waals surface area contributed by atoms with Gasteiger partial charge in [-0.15, -0.1) is 11.6 Å². The van der Waals surface area contributed by atoms with Gasteiger partial charge in [0.2, 0.25) is 0 Å². The molecule has 3 aliphatic rings. The standard InChI is InChI=1S/C18H14Cl2O8/c19-8-6-17(7-4-2-1-3-5-7)9(13(21)22)11(15(25)26)18(8,20)12(16(27)28)10(17)14(23)24/h1-6,9-12H,(H,21,22)(H,23,24)(H,25,26)(H,27,28). The van der Waals surface area contributed by atoms with Crippen LogP contribution in [-0.4, -0.2) is 49.2 Å². The first-order valence-corrected chi connectivity index (χ1v) is 8.81. The van der Waals surface area contributed by atoms with E-state index in [-0.39, 0.29) is 5.56 Å². The first-order valence-electron chi connectivity index (χ1n) is 8.05. The first kappa shape index (κ1) is 20.2. The third-order valence-electron chi connectivity index (χ3n) is 5.67. The lowest BCUT2D eigenvalue weighted by molar-refractivity contribution is -0.179. The normalized spacial score (nSPS) is 36.4. The molecule has 1 aromatic carbocycles. The van der Waals surface area contributed by atoms with Crippen molar-refractivity contribution in [1.82, 2.24) is 0 Å². The highest BCUT2D eigenvalue weighted by molar-refractivity contribution is 6.42. The molecule has 2 bridgehead atoms. The predicted molar refractivity (Wildman–Crippen MR) is 95.1 cm³/mol. The number of alkyl halides is 1. The Morgan fingerprint density at radius 1 is 0.750 bits per heavy atom. The van der Waals surface area contributed by atoms with Gasteiger partial charge in [0.1, 0.15) is 4.87 Å². The second-order valence-electron chi connectivity index (χ2n) is 6.82. The van der Waals surface area contributed by atoms with Gasteiger partial charge in [-0.05, 0) is 5.56 Å². The van der Waals surface area contributed by atoms with Gasteiger partial charge in [0.25, 0.3) is 0 Å². The molecule has 1 aromatic rings. The number of aliphatic carboxylic acids is 4. The Kier molecular flexibility index (Phi) is 4.68. The van der Waals surface area contributed by atoms with E-state index in [4.69, 9.17) is 23.2 Å². The summed E-state index contributed by atoms with van der Waals surface area (Å²) in [4.78, 5) is 46.1. The smallest absolute Gasteiger partial charge is 0.309 e. The Balaban J connectivity index is 2.52. The summed E-state index contributed by atoms with van der Waals surface area (Å²) in [5, 5.41) is 38.9. The fraction of sp³-hybridized carbons (Fsp3) is 0.333. The van der Waals surface area contributed by atoms with Crippen molar-refractivity contribution in [2.24, 2.45) is 23.7 Å². The van der Waals surface area contributed by atoms with E-state index in [1.54, 1.807) is 6.07 Å². The summed E-state index contributed by atoms with van der Waals surface area (Å²) in [7, 11) is 0. The molecule has 0 aromatic heterocycles. The molecule has 0 amide bonds. The monoisotopic (exact) mass is 428 g/mol. The number of carboxylic acid groups (broad SMARTS) is 4. The van der Waals surface area contributed by atoms with Gasteiger partial charge in [-0.2, -0.15) is 0 Å². The second kappa shape index (κ2) is 6.49. The van der Waals surface area contributed by atoms with E-state index in [2.05, 4.69) is 0 Å². The molecule has 4 N–H and O–H groups in total. The SMILES string of the molecule is O=C(O)C1C(C(=O)O)C2(c3ccccc3)C=C(Cl)C1(Cl)C(C(=O)O)C2C(=O)O. The summed E-state index contributed by atoms with van der Waals surface area (Å²) in [6.07, 6.45) is 1.10. The highest BCUT2D eigenvalue weighted by Crippen LogP contribution is 2.66. The number of allylic oxidation sites excluding steroid dienone is 2. The van der Waals surface area contributed by atoms with Crippen LogP contribution in [0.2, 0.25) is 0 Å². The van der Waals surface area contributed by atoms with Crippen molar-refractivity contribution in [3.63, 3.8) is 0 Å². The van der Waals surface area contributed by atoms with Crippen LogP contribution in [0.5, 0.6) is 0 Å². The van der Waals surface area contributed by atoms with Crippen molar-refractivity contribution in [1.29, 1.82) is 0 Å². The minimum Gasteiger partial charge on any atom is -0.481 e. The number of hydrogen-bond acceptors (Lipinski definition) is 4. The van der Waals surface area contributed by atoms with Crippen LogP contribution < -0.4 is 0 Å². The van der Waals surface area contributed by atoms with Crippen LogP contribution in [0.25, 0.3) is 0 Å². The van der Waals surface area contributed by atoms with Crippen molar-refractivity contribution in [2.75, 3.05) is 0 Å². The van der Waals surface area contributed by atoms with Gasteiger partial charge >= 0.3 is 23.9 Å². The van der Waals surface area contributed by atoms with Crippen LogP contribution in [0.1, 0.15) is 5.56 Å². The van der Waals surface area contributed by atoms with Crippen LogP contribution in [0.4, 0.5) is 0 Å². The maximum Gasteiger partial charge on any atom is 0.309 e. The molecule has 0 aliphatic heterocycles. The van der Waals surface area contributed by atoms with Gasteiger partial charge < -0.3 is 20.4 Å². The zero-order chi connectivity index (χ0) is 21.0. The Bertz CT molecular complexity index is 869. The van der Waals surface area contributed by atoms with Crippen LogP contribution in [-0.2, 0) is 24.6 Å². The molecule has 0 saturated heterocycles. The quantitative estimate of drug-likeness (QED) is 0.518. The number of carboxylic acids is 4. The fourth-order valence-electron chi connectivity index (χ4n) is 4.73. The molecular weight excluding hydrogens is 415 g/mol. The molecule has 0 spiro atoms. The van der Waals surface area contributed by atoms with E-state index < -0.39 is 62.9 Å². The molecule has 148 valence electrons. The number of hydrogen-bond donors (Lipinski definition) is 4. The number of carbonyl (C=O) groups is 4. The molecule has 1 fully saturated rings. The Labute approximate surface area is 168 Å². The lowest BCUT2D eigenvalue weighted by atomic mass is 9.43. The van der Waals surface area contributed by atoms with E-state index in [0.717, 1.165) is 6.08 Å². The molecule has 1 saturated carbocycles. The average molecular weight is 429 g/mol. The molecule has 10 heteroatoms. The van der Waals surface area contributed by atoms with Crippen molar-refractivity contribution < 1.29 is 39.6 Å². The van der Waals surface area contributed by atoms with Crippen LogP contribution >= 0.6 is 23.2 Å². The van der Waals surface area contributed by atoms with Crippen LogP contribution in [0, 0.1) is 23.7 Å². The predicted octanol–water partition coefficient (Wildman–Crippen LogP) is 1.86. The fourth-order valence-corrected chi connectivity index (χ4v) is 5.64. The summed E-state index contributed by atoms with van der Waals surface area (Å²) in [5.74, 6) is -14.2. The number of benzene rings is 1. The Morgan fingerprint density at radius 2 is 1.14 bits per heavy atom. The highest BCUT2D eigenvalue weighted by atomic mass is 35.5. The molecule has 0 heterocycles. The summed E-state index contributed by atoms with van der Waals surface area (Å²) in [6, 6.07) is 7.43. The molecule has 4 atom stereocenters. The van der Waals surface area contributed by atoms with E-state index in [9.17, 15) is 39.6 Å². The summed E-state index contributed by atoms with van der Waals surface area (Å²) >= 11 is 12.6. The maximum absolute atomic E-state index is 12.2. The van der Waals surface area contributed by atoms with E-state index in [1.807, 2.05) is 0 Å². The van der Waals surface area contributed by atoms with Gasteiger partial charge in [0.15, 0.2) is 0 Å². The molecule has 4 unspecified atom stereocenters. The van der Waals surface area contributed by atoms with Crippen LogP contribution in [0.15, 0.2) is 41.4 Å². The minimum atomic E-state index is -2.43. The van der Waals surface area contributed by atoms with Gasteiger partial charge in [-0.1, -0.05) is 48.0 Å². The first-order chi connectivity index (χ1) is 13.0. The van der Waals surface area contributed by atoms with Gasteiger partial charge in [0.05, 0.1) is 23.7 Å². The zero-order valence-corrected chi connectivity index (χ0v) is 15.5. The molecule has 4 rings (SSSR count). The van der Waals surface area contributed by atoms with Gasteiger partial charge in [-0.3, -0.25) is 19.2 Å². The van der Waals surface area contributed by atoms with Crippen molar-refractivity contribution in [2.45, 2.75) is 10.3 Å². The number of rotatable bonds is 5. The van der Waals surface area contributed by atoms with Crippen molar-refractivity contribution in [3.05, 3.63) is 47.0 Å². The van der Waals surface area contributed by atoms with E-state index >= 15 is 0 Å². The topological polar surface area (TPSA) is 149 Å². The molecule has 3 aliphatic carbocycles. The van der Waals surface area contributed by atoms with Gasteiger partial charge in [0, 0.05) is 10.4 Å². The summed E-state index contributed by atoms with van der Waals surface area (Å²) in [5.41, 5.74) is -1.90. The van der Waals surface area contributed by atoms with E-state index in [1.165, 1.54) is 24.3 Å². The summed E-state index contributed by atoms with van der Waals surface area (Å²) in [6.45, 7) is 0. The molecule has 8 nitrogen and oxygen atoms in total. The number of fused-ring (bicyclic) bond motifs is 2.